The normalized spacial score (nSPS) is 23.1. The predicted molar refractivity (Wildman–Crippen MR) is 304 cm³/mol. The van der Waals surface area contributed by atoms with Crippen molar-refractivity contribution in [3.8, 4) is 0 Å². The lowest BCUT2D eigenvalue weighted by atomic mass is 10.0. The van der Waals surface area contributed by atoms with Crippen molar-refractivity contribution in [2.75, 3.05) is 32.7 Å². The Morgan fingerprint density at radius 3 is 1.95 bits per heavy atom. The SMILES string of the molecule is CC(=O)N[C@@H](CCCNC(N)N)C(=O)N[C@@H](Cc1c[nH]c2ccccc12)C(=O)N[C@H]1CCCCCCCNC(=O)[C@@H]2CCCN2C(=O)[C@H](CCCNC(N)N)NC(=O)[C@H](C)NC(=O)[C@@H]2CCCN2C(=O)[C@H](Cc2ccccc2)NC1=O. The fourth-order valence-electron chi connectivity index (χ4n) is 10.8. The molecule has 0 saturated carbocycles. The first-order valence-electron chi connectivity index (χ1n) is 28.7. The highest BCUT2D eigenvalue weighted by Crippen LogP contribution is 2.24. The molecule has 3 saturated heterocycles. The second-order valence-electron chi connectivity index (χ2n) is 21.5. The van der Waals surface area contributed by atoms with E-state index in [1.54, 1.807) is 18.3 Å². The van der Waals surface area contributed by atoms with Crippen molar-refractivity contribution in [1.82, 2.24) is 62.6 Å². The van der Waals surface area contributed by atoms with Crippen molar-refractivity contribution in [2.24, 2.45) is 22.9 Å². The second kappa shape index (κ2) is 31.8. The van der Waals surface area contributed by atoms with E-state index in [-0.39, 0.29) is 51.0 Å². The fraction of sp³-hybridized carbons (Fsp3) is 0.589. The van der Waals surface area contributed by atoms with Crippen LogP contribution in [0.25, 0.3) is 10.9 Å². The third-order valence-electron chi connectivity index (χ3n) is 15.1. The van der Waals surface area contributed by atoms with Gasteiger partial charge in [0, 0.05) is 56.5 Å². The number of benzene rings is 2. The summed E-state index contributed by atoms with van der Waals surface area (Å²) < 4.78 is 0. The maximum Gasteiger partial charge on any atom is 0.246 e. The van der Waals surface area contributed by atoms with Gasteiger partial charge in [0.2, 0.25) is 53.2 Å². The van der Waals surface area contributed by atoms with Crippen LogP contribution in [0.5, 0.6) is 0 Å². The van der Waals surface area contributed by atoms with Crippen LogP contribution >= 0.6 is 0 Å². The average molecular weight is 1130 g/mol. The molecule has 444 valence electrons. The molecule has 4 heterocycles. The van der Waals surface area contributed by atoms with Gasteiger partial charge in [-0.25, -0.2) is 0 Å². The molecule has 2 aromatic carbocycles. The number of para-hydroxylation sites is 1. The largest absolute Gasteiger partial charge is 0.361 e. The third kappa shape index (κ3) is 19.3. The second-order valence-corrected chi connectivity index (χ2v) is 21.5. The quantitative estimate of drug-likeness (QED) is 0.0480. The molecule has 1 aromatic heterocycles. The molecule has 81 heavy (non-hydrogen) atoms. The number of hydrogen-bond donors (Lipinski definition) is 14. The summed E-state index contributed by atoms with van der Waals surface area (Å²) in [5, 5.41) is 26.6. The molecule has 6 rings (SSSR count). The summed E-state index contributed by atoms with van der Waals surface area (Å²) in [7, 11) is 0. The predicted octanol–water partition coefficient (Wildman–Crippen LogP) is -1.50. The van der Waals surface area contributed by atoms with Crippen molar-refractivity contribution < 1.29 is 43.2 Å². The number of rotatable bonds is 19. The van der Waals surface area contributed by atoms with E-state index >= 15 is 0 Å². The number of carbonyl (C=O) groups excluding carboxylic acids is 9. The molecule has 0 radical (unpaired) electrons. The van der Waals surface area contributed by atoms with Gasteiger partial charge < -0.3 is 74.9 Å². The molecule has 0 bridgehead atoms. The van der Waals surface area contributed by atoms with E-state index in [2.05, 4.69) is 52.8 Å². The Morgan fingerprint density at radius 1 is 0.642 bits per heavy atom. The van der Waals surface area contributed by atoms with E-state index in [0.29, 0.717) is 102 Å². The molecular formula is C56H86N16O9. The summed E-state index contributed by atoms with van der Waals surface area (Å²) in [4.78, 5) is 133. The zero-order valence-corrected chi connectivity index (χ0v) is 46.8. The monoisotopic (exact) mass is 1130 g/mol. The first-order chi connectivity index (χ1) is 38.9. The van der Waals surface area contributed by atoms with Crippen LogP contribution in [0.15, 0.2) is 60.8 Å². The Kier molecular flexibility index (Phi) is 24.8. The molecule has 3 aromatic rings. The van der Waals surface area contributed by atoms with Gasteiger partial charge in [0.05, 0.1) is 0 Å². The number of aromatic nitrogens is 1. The minimum atomic E-state index is -1.26. The Morgan fingerprint density at radius 2 is 1.26 bits per heavy atom. The summed E-state index contributed by atoms with van der Waals surface area (Å²) >= 11 is 0. The lowest BCUT2D eigenvalue weighted by Gasteiger charge is -2.31. The molecule has 0 aliphatic carbocycles. The number of hydrogen-bond acceptors (Lipinski definition) is 15. The number of aromatic amines is 1. The molecular weight excluding hydrogens is 1040 g/mol. The maximum atomic E-state index is 15.0. The molecule has 25 heteroatoms. The molecule has 18 N–H and O–H groups in total. The van der Waals surface area contributed by atoms with Crippen molar-refractivity contribution in [2.45, 2.75) is 177 Å². The zero-order chi connectivity index (χ0) is 58.4. The lowest BCUT2D eigenvalue weighted by Crippen LogP contribution is -2.60. The number of carbonyl (C=O) groups is 9. The Hall–Kier alpha value is -7.03. The average Bonchev–Trinajstić information content (AvgIpc) is 4.26. The number of nitrogens with zero attached hydrogens (tertiary/aromatic N) is 2. The summed E-state index contributed by atoms with van der Waals surface area (Å²) in [6.45, 7) is 4.30. The van der Waals surface area contributed by atoms with E-state index < -0.39 is 108 Å². The fourth-order valence-corrected chi connectivity index (χ4v) is 10.8. The molecule has 3 aliphatic heterocycles. The van der Waals surface area contributed by atoms with E-state index in [0.717, 1.165) is 10.9 Å². The van der Waals surface area contributed by atoms with Crippen molar-refractivity contribution in [3.05, 3.63) is 71.9 Å². The van der Waals surface area contributed by atoms with Crippen LogP contribution in [0.3, 0.4) is 0 Å². The van der Waals surface area contributed by atoms with Crippen LogP contribution in [-0.2, 0) is 56.0 Å². The van der Waals surface area contributed by atoms with Crippen LogP contribution in [0.4, 0.5) is 0 Å². The number of H-pyrrole nitrogens is 1. The first-order valence-corrected chi connectivity index (χ1v) is 28.7. The van der Waals surface area contributed by atoms with Gasteiger partial charge in [0.1, 0.15) is 60.9 Å². The summed E-state index contributed by atoms with van der Waals surface area (Å²) in [6, 6.07) is 7.84. The molecule has 0 spiro atoms. The number of nitrogens with one attached hydrogen (secondary N) is 10. The number of nitrogens with two attached hydrogens (primary N) is 4. The van der Waals surface area contributed by atoms with E-state index in [1.807, 2.05) is 42.5 Å². The van der Waals surface area contributed by atoms with Crippen LogP contribution in [0.1, 0.15) is 115 Å². The van der Waals surface area contributed by atoms with Gasteiger partial charge in [-0.3, -0.25) is 53.8 Å². The van der Waals surface area contributed by atoms with Crippen molar-refractivity contribution in [3.63, 3.8) is 0 Å². The molecule has 8 atom stereocenters. The van der Waals surface area contributed by atoms with Gasteiger partial charge in [-0.1, -0.05) is 74.2 Å². The van der Waals surface area contributed by atoms with Crippen LogP contribution in [-0.4, -0.2) is 162 Å². The minimum absolute atomic E-state index is 0.00511. The van der Waals surface area contributed by atoms with Gasteiger partial charge in [-0.05, 0) is 101 Å². The highest BCUT2D eigenvalue weighted by molar-refractivity contribution is 5.99. The zero-order valence-electron chi connectivity index (χ0n) is 46.8. The molecule has 25 nitrogen and oxygen atoms in total. The highest BCUT2D eigenvalue weighted by atomic mass is 16.2. The van der Waals surface area contributed by atoms with Crippen LogP contribution in [0, 0.1) is 0 Å². The van der Waals surface area contributed by atoms with Crippen LogP contribution in [0.2, 0.25) is 0 Å². The highest BCUT2D eigenvalue weighted by Gasteiger charge is 2.41. The van der Waals surface area contributed by atoms with Gasteiger partial charge >= 0.3 is 0 Å². The van der Waals surface area contributed by atoms with Gasteiger partial charge in [-0.15, -0.1) is 0 Å². The third-order valence-corrected chi connectivity index (χ3v) is 15.1. The minimum Gasteiger partial charge on any atom is -0.361 e. The van der Waals surface area contributed by atoms with Crippen molar-refractivity contribution >= 4 is 64.1 Å². The Labute approximate surface area is 473 Å². The Bertz CT molecular complexity index is 2600. The summed E-state index contributed by atoms with van der Waals surface area (Å²) in [5.74, 6) is -4.96. The van der Waals surface area contributed by atoms with E-state index in [9.17, 15) is 43.2 Å². The topological polar surface area (TPSA) is 388 Å². The van der Waals surface area contributed by atoms with Gasteiger partial charge in [0.25, 0.3) is 0 Å². The molecule has 3 aliphatic rings. The number of fused-ring (bicyclic) bond motifs is 3. The van der Waals surface area contributed by atoms with Crippen molar-refractivity contribution in [1.29, 1.82) is 0 Å². The van der Waals surface area contributed by atoms with E-state index in [1.165, 1.54) is 23.6 Å². The van der Waals surface area contributed by atoms with Crippen LogP contribution < -0.4 is 70.8 Å². The van der Waals surface area contributed by atoms with Gasteiger partial charge in [0.15, 0.2) is 0 Å². The summed E-state index contributed by atoms with van der Waals surface area (Å²) in [5.41, 5.74) is 24.9. The van der Waals surface area contributed by atoms with E-state index in [4.69, 9.17) is 22.9 Å². The Balaban J connectivity index is 1.28. The molecule has 3 fully saturated rings. The maximum absolute atomic E-state index is 15.0. The molecule has 0 unspecified atom stereocenters. The number of amides is 9. The standard InChI is InChI=1S/C56H86N16O9/c1-34-47(74)68-42(23-14-28-63-56(59)60)53(80)71-29-15-24-45(71)51(78)61-26-12-5-3-4-9-21-41(49(76)70-44(31-36-17-7-6-8-18-36)54(81)72-30-16-25-46(72)52(79)65-34)67-50(77)43(32-37-33-64-39-20-11-10-19-38(37)39)69-48(75)40(66-35(2)73)22-13-27-62-55(57)58/h6-8,10-11,17-20,33-34,40-46,55-56,62-64H,3-5,9,12-16,21-32,57-60H2,1-2H3,(H,61,78)(H,65,79)(H,66,73)(H,67,77)(H,68,74)(H,69,75)(H,70,76)/t34-,40-,41-,42-,43-,44-,45-,46-/m0/s1. The molecule has 9 amide bonds. The smallest absolute Gasteiger partial charge is 0.246 e. The van der Waals surface area contributed by atoms with Gasteiger partial charge in [-0.2, -0.15) is 0 Å². The first kappa shape index (κ1) is 63.2. The lowest BCUT2D eigenvalue weighted by molar-refractivity contribution is -0.143. The summed E-state index contributed by atoms with van der Waals surface area (Å²) in [6.07, 6.45) is 6.38.